The van der Waals surface area contributed by atoms with E-state index in [2.05, 4.69) is 4.98 Å². The van der Waals surface area contributed by atoms with Crippen LogP contribution in [0, 0.1) is 5.92 Å². The predicted molar refractivity (Wildman–Crippen MR) is 112 cm³/mol. The van der Waals surface area contributed by atoms with Crippen LogP contribution in [-0.4, -0.2) is 54.3 Å². The van der Waals surface area contributed by atoms with Gasteiger partial charge in [0.1, 0.15) is 24.2 Å². The number of hydrogen-bond donors (Lipinski definition) is 0. The average molecular weight is 498 g/mol. The molecule has 2 saturated heterocycles. The first kappa shape index (κ1) is 23.9. The molecule has 2 aromatic rings. The number of rotatable bonds is 5. The summed E-state index contributed by atoms with van der Waals surface area (Å²) < 4.78 is 84.0. The van der Waals surface area contributed by atoms with Crippen molar-refractivity contribution >= 4 is 5.91 Å². The zero-order valence-corrected chi connectivity index (χ0v) is 18.6. The highest BCUT2D eigenvalue weighted by Crippen LogP contribution is 2.44. The van der Waals surface area contributed by atoms with Crippen molar-refractivity contribution in [3.63, 3.8) is 0 Å². The number of carbonyl (C=O) groups excluding carboxylic acids is 1. The van der Waals surface area contributed by atoms with Gasteiger partial charge < -0.3 is 19.1 Å². The van der Waals surface area contributed by atoms with Gasteiger partial charge in [0.05, 0.1) is 24.4 Å². The summed E-state index contributed by atoms with van der Waals surface area (Å²) in [6.07, 6.45) is -4.10. The average Bonchev–Trinajstić information content (AvgIpc) is 3.25. The molecule has 0 N–H and O–H groups in total. The fraction of sp³-hybridized carbons (Fsp3) is 0.500. The Labute approximate surface area is 198 Å². The van der Waals surface area contributed by atoms with Crippen LogP contribution in [0.2, 0.25) is 0 Å². The molecular formula is C24H23F5N2O4. The summed E-state index contributed by atoms with van der Waals surface area (Å²) in [5.41, 5.74) is -1.40. The molecule has 2 atom stereocenters. The van der Waals surface area contributed by atoms with Crippen molar-refractivity contribution in [1.82, 2.24) is 9.88 Å². The van der Waals surface area contributed by atoms with Gasteiger partial charge in [0.2, 0.25) is 5.92 Å². The zero-order chi connectivity index (χ0) is 24.8. The summed E-state index contributed by atoms with van der Waals surface area (Å²) in [4.78, 5) is 18.9. The van der Waals surface area contributed by atoms with Gasteiger partial charge in [0.15, 0.2) is 0 Å². The molecule has 1 amide bonds. The smallest absolute Gasteiger partial charge is 0.419 e. The maximum Gasteiger partial charge on any atom is 0.419 e. The van der Waals surface area contributed by atoms with Gasteiger partial charge in [-0.25, -0.2) is 8.78 Å². The quantitative estimate of drug-likeness (QED) is 0.563. The molecule has 1 aromatic carbocycles. The van der Waals surface area contributed by atoms with Gasteiger partial charge >= 0.3 is 6.18 Å². The van der Waals surface area contributed by atoms with Crippen molar-refractivity contribution < 1.29 is 41.0 Å². The number of amides is 1. The van der Waals surface area contributed by atoms with E-state index in [0.29, 0.717) is 12.1 Å². The van der Waals surface area contributed by atoms with Crippen LogP contribution in [0.5, 0.6) is 5.75 Å². The summed E-state index contributed by atoms with van der Waals surface area (Å²) in [6.45, 7) is 0.156. The van der Waals surface area contributed by atoms with Crippen molar-refractivity contribution in [2.75, 3.05) is 26.5 Å². The molecule has 3 fully saturated rings. The molecule has 1 saturated carbocycles. The summed E-state index contributed by atoms with van der Waals surface area (Å²) >= 11 is 0. The molecular weight excluding hydrogens is 475 g/mol. The Morgan fingerprint density at radius 2 is 2.00 bits per heavy atom. The van der Waals surface area contributed by atoms with Gasteiger partial charge in [0, 0.05) is 43.5 Å². The van der Waals surface area contributed by atoms with E-state index in [1.54, 1.807) is 12.3 Å². The number of halogens is 5. The molecule has 1 aliphatic carbocycles. The first-order valence-electron chi connectivity index (χ1n) is 11.3. The summed E-state index contributed by atoms with van der Waals surface area (Å²) in [6, 6.07) is 8.50. The normalized spacial score (nSPS) is 26.2. The molecule has 1 aromatic heterocycles. The number of ether oxygens (including phenoxy) is 3. The van der Waals surface area contributed by atoms with Gasteiger partial charge in [-0.15, -0.1) is 0 Å². The van der Waals surface area contributed by atoms with E-state index in [4.69, 9.17) is 14.2 Å². The first-order valence-corrected chi connectivity index (χ1v) is 11.3. The number of alkyl halides is 5. The second-order valence-corrected chi connectivity index (χ2v) is 9.17. The summed E-state index contributed by atoms with van der Waals surface area (Å²) in [5.74, 6) is -4.35. The second kappa shape index (κ2) is 8.70. The Kier molecular flexibility index (Phi) is 5.95. The van der Waals surface area contributed by atoms with E-state index in [1.165, 1.54) is 11.0 Å². The maximum absolute atomic E-state index is 13.7. The number of benzene rings is 1. The Hall–Kier alpha value is -2.79. The lowest BCUT2D eigenvalue weighted by atomic mass is 9.82. The van der Waals surface area contributed by atoms with E-state index in [-0.39, 0.29) is 32.1 Å². The molecule has 0 bridgehead atoms. The minimum absolute atomic E-state index is 0.0282. The molecule has 3 heterocycles. The van der Waals surface area contributed by atoms with Crippen LogP contribution in [0.3, 0.4) is 0 Å². The number of hydrogen-bond acceptors (Lipinski definition) is 5. The highest BCUT2D eigenvalue weighted by atomic mass is 19.4. The van der Waals surface area contributed by atoms with Crippen LogP contribution < -0.4 is 4.74 Å². The Bertz CT molecular complexity index is 1090. The standard InChI is InChI=1S/C24H23F5N2O4/c25-22(26)10-15(11-22)13-33-18-5-4-16(9-17(18)24(27,28)29)21(32)31-8-6-23(19-3-1-2-7-30-19)20(12-31)34-14-35-23/h1-5,7,9,15,20H,6,8,10-14H2/t20?,23-/m1/s1. The number of piperidine rings is 1. The topological polar surface area (TPSA) is 60.9 Å². The van der Waals surface area contributed by atoms with Crippen molar-refractivity contribution in [3.05, 3.63) is 59.4 Å². The molecule has 6 nitrogen and oxygen atoms in total. The molecule has 0 spiro atoms. The van der Waals surface area contributed by atoms with Crippen LogP contribution in [0.1, 0.15) is 40.9 Å². The Morgan fingerprint density at radius 3 is 2.69 bits per heavy atom. The third kappa shape index (κ3) is 4.58. The lowest BCUT2D eigenvalue weighted by molar-refractivity contribution is -0.140. The monoisotopic (exact) mass is 498 g/mol. The van der Waals surface area contributed by atoms with Crippen molar-refractivity contribution in [2.24, 2.45) is 5.92 Å². The highest BCUT2D eigenvalue weighted by Gasteiger charge is 2.52. The number of fused-ring (bicyclic) bond motifs is 1. The minimum atomic E-state index is -4.78. The number of pyridine rings is 1. The van der Waals surface area contributed by atoms with Crippen molar-refractivity contribution in [3.8, 4) is 5.75 Å². The van der Waals surface area contributed by atoms with E-state index in [0.717, 1.165) is 12.1 Å². The molecule has 0 radical (unpaired) electrons. The molecule has 11 heteroatoms. The number of carbonyl (C=O) groups is 1. The molecule has 35 heavy (non-hydrogen) atoms. The molecule has 188 valence electrons. The highest BCUT2D eigenvalue weighted by molar-refractivity contribution is 5.94. The zero-order valence-electron chi connectivity index (χ0n) is 18.6. The molecule has 3 aliphatic rings. The van der Waals surface area contributed by atoms with Gasteiger partial charge in [-0.3, -0.25) is 9.78 Å². The van der Waals surface area contributed by atoms with Crippen LogP contribution in [0.4, 0.5) is 22.0 Å². The predicted octanol–water partition coefficient (Wildman–Crippen LogP) is 4.64. The van der Waals surface area contributed by atoms with E-state index < -0.39 is 59.8 Å². The SMILES string of the molecule is O=C(c1ccc(OCC2CC(F)(F)C2)c(C(F)(F)F)c1)N1CC[C@]2(c3ccccn3)OCOC2C1. The van der Waals surface area contributed by atoms with Crippen LogP contribution in [0.25, 0.3) is 0 Å². The number of likely N-dealkylation sites (tertiary alicyclic amines) is 1. The number of aromatic nitrogens is 1. The van der Waals surface area contributed by atoms with E-state index in [9.17, 15) is 26.7 Å². The maximum atomic E-state index is 13.7. The largest absolute Gasteiger partial charge is 0.493 e. The van der Waals surface area contributed by atoms with Crippen molar-refractivity contribution in [1.29, 1.82) is 0 Å². The third-order valence-corrected chi connectivity index (χ3v) is 6.81. The lowest BCUT2D eigenvalue weighted by Crippen LogP contribution is -2.53. The van der Waals surface area contributed by atoms with Crippen LogP contribution >= 0.6 is 0 Å². The molecule has 2 aliphatic heterocycles. The minimum Gasteiger partial charge on any atom is -0.493 e. The summed E-state index contributed by atoms with van der Waals surface area (Å²) in [5, 5.41) is 0. The van der Waals surface area contributed by atoms with Gasteiger partial charge in [-0.2, -0.15) is 13.2 Å². The van der Waals surface area contributed by atoms with E-state index in [1.807, 2.05) is 12.1 Å². The van der Waals surface area contributed by atoms with Gasteiger partial charge in [0.25, 0.3) is 5.91 Å². The Balaban J connectivity index is 1.31. The lowest BCUT2D eigenvalue weighted by Gasteiger charge is -2.41. The van der Waals surface area contributed by atoms with Crippen molar-refractivity contribution in [2.45, 2.75) is 43.1 Å². The number of nitrogens with zero attached hydrogens (tertiary/aromatic N) is 2. The van der Waals surface area contributed by atoms with Crippen LogP contribution in [-0.2, 0) is 21.3 Å². The molecule has 1 unspecified atom stereocenters. The van der Waals surface area contributed by atoms with Gasteiger partial charge in [-0.1, -0.05) is 6.07 Å². The molecule has 5 rings (SSSR count). The second-order valence-electron chi connectivity index (χ2n) is 9.17. The first-order chi connectivity index (χ1) is 16.6. The summed E-state index contributed by atoms with van der Waals surface area (Å²) in [7, 11) is 0. The Morgan fingerprint density at radius 1 is 1.20 bits per heavy atom. The van der Waals surface area contributed by atoms with Gasteiger partial charge in [-0.05, 0) is 30.3 Å². The fourth-order valence-corrected chi connectivity index (χ4v) is 4.94. The van der Waals surface area contributed by atoms with E-state index >= 15 is 0 Å². The third-order valence-electron chi connectivity index (χ3n) is 6.81. The van der Waals surface area contributed by atoms with Crippen LogP contribution in [0.15, 0.2) is 42.6 Å². The fourth-order valence-electron chi connectivity index (χ4n) is 4.94.